The molecule has 1 heterocycles. The summed E-state index contributed by atoms with van der Waals surface area (Å²) in [5, 5.41) is 3.37. The van der Waals surface area contributed by atoms with Crippen LogP contribution in [-0.4, -0.2) is 19.0 Å². The van der Waals surface area contributed by atoms with Crippen LogP contribution in [0.4, 0.5) is 8.78 Å². The minimum absolute atomic E-state index is 0.121. The number of rotatable bonds is 1. The lowest BCUT2D eigenvalue weighted by Crippen LogP contribution is -2.23. The zero-order chi connectivity index (χ0) is 16.0. The Kier molecular flexibility index (Phi) is 3.49. The van der Waals surface area contributed by atoms with Crippen molar-refractivity contribution < 1.29 is 8.78 Å². The van der Waals surface area contributed by atoms with Gasteiger partial charge in [0.05, 0.1) is 5.92 Å². The molecule has 0 saturated heterocycles. The molecule has 0 spiro atoms. The van der Waals surface area contributed by atoms with Crippen molar-refractivity contribution in [2.24, 2.45) is 0 Å². The van der Waals surface area contributed by atoms with Crippen LogP contribution in [0.3, 0.4) is 0 Å². The number of hydrogen-bond acceptors (Lipinski definition) is 1. The largest absolute Gasteiger partial charge is 0.316 e. The molecule has 4 rings (SSSR count). The van der Waals surface area contributed by atoms with E-state index in [1.165, 1.54) is 11.1 Å². The van der Waals surface area contributed by atoms with Crippen molar-refractivity contribution in [3.63, 3.8) is 0 Å². The van der Waals surface area contributed by atoms with Crippen LogP contribution in [0, 0.1) is 6.92 Å². The zero-order valence-corrected chi connectivity index (χ0v) is 13.3. The normalized spacial score (nSPS) is 22.3. The summed E-state index contributed by atoms with van der Waals surface area (Å²) in [6.07, 6.45) is 1.67. The van der Waals surface area contributed by atoms with Crippen LogP contribution < -0.4 is 5.32 Å². The molecule has 1 unspecified atom stereocenters. The summed E-state index contributed by atoms with van der Waals surface area (Å²) in [7, 11) is 0. The van der Waals surface area contributed by atoms with E-state index in [-0.39, 0.29) is 6.42 Å². The molecule has 0 aromatic heterocycles. The molecular weight excluding hydrogens is 292 g/mol. The van der Waals surface area contributed by atoms with Crippen molar-refractivity contribution in [1.82, 2.24) is 5.32 Å². The van der Waals surface area contributed by atoms with Crippen LogP contribution in [0.2, 0.25) is 0 Å². The second-order valence-corrected chi connectivity index (χ2v) is 6.81. The molecule has 120 valence electrons. The predicted molar refractivity (Wildman–Crippen MR) is 88.4 cm³/mol. The van der Waals surface area contributed by atoms with Gasteiger partial charge >= 0.3 is 0 Å². The highest BCUT2D eigenvalue weighted by atomic mass is 19.3. The summed E-state index contributed by atoms with van der Waals surface area (Å²) in [6, 6.07) is 11.6. The second kappa shape index (κ2) is 5.41. The first-order valence-electron chi connectivity index (χ1n) is 8.35. The maximum atomic E-state index is 14.9. The number of hydrogen-bond donors (Lipinski definition) is 1. The van der Waals surface area contributed by atoms with Crippen molar-refractivity contribution in [3.8, 4) is 0 Å². The number of alkyl halides is 2. The van der Waals surface area contributed by atoms with Crippen LogP contribution in [-0.2, 0) is 19.3 Å². The van der Waals surface area contributed by atoms with Gasteiger partial charge < -0.3 is 5.32 Å². The SMILES string of the molecule is Cc1cccc(C2c3ccc4c(c3CC2(F)F)CCNCC4)c1. The lowest BCUT2D eigenvalue weighted by Gasteiger charge is -2.21. The van der Waals surface area contributed by atoms with Gasteiger partial charge in [0.1, 0.15) is 0 Å². The van der Waals surface area contributed by atoms with E-state index in [1.807, 2.05) is 37.3 Å². The fourth-order valence-corrected chi connectivity index (χ4v) is 4.18. The van der Waals surface area contributed by atoms with Crippen LogP contribution >= 0.6 is 0 Å². The Morgan fingerprint density at radius 2 is 1.87 bits per heavy atom. The van der Waals surface area contributed by atoms with E-state index in [9.17, 15) is 8.78 Å². The minimum Gasteiger partial charge on any atom is -0.316 e. The maximum absolute atomic E-state index is 14.9. The fraction of sp³-hybridized carbons (Fsp3) is 0.400. The smallest absolute Gasteiger partial charge is 0.262 e. The molecule has 1 aliphatic carbocycles. The molecule has 0 amide bonds. The van der Waals surface area contributed by atoms with Crippen molar-refractivity contribution >= 4 is 0 Å². The van der Waals surface area contributed by atoms with Crippen molar-refractivity contribution in [1.29, 1.82) is 0 Å². The molecule has 1 N–H and O–H groups in total. The van der Waals surface area contributed by atoms with Gasteiger partial charge in [-0.1, -0.05) is 42.0 Å². The number of nitrogens with one attached hydrogen (secondary N) is 1. The maximum Gasteiger partial charge on any atom is 0.262 e. The van der Waals surface area contributed by atoms with Gasteiger partial charge in [-0.3, -0.25) is 0 Å². The predicted octanol–water partition coefficient (Wildman–Crippen LogP) is 4.01. The van der Waals surface area contributed by atoms with E-state index in [0.29, 0.717) is 0 Å². The van der Waals surface area contributed by atoms with Gasteiger partial charge in [0.25, 0.3) is 5.92 Å². The Balaban J connectivity index is 1.86. The molecule has 2 aromatic carbocycles. The summed E-state index contributed by atoms with van der Waals surface area (Å²) in [6.45, 7) is 3.77. The van der Waals surface area contributed by atoms with E-state index >= 15 is 0 Å². The van der Waals surface area contributed by atoms with Gasteiger partial charge in [-0.05, 0) is 60.7 Å². The Hall–Kier alpha value is -1.74. The molecule has 0 bridgehead atoms. The molecule has 0 radical (unpaired) electrons. The Labute approximate surface area is 135 Å². The van der Waals surface area contributed by atoms with Gasteiger partial charge in [-0.25, -0.2) is 8.78 Å². The number of benzene rings is 2. The first-order valence-corrected chi connectivity index (χ1v) is 8.35. The molecule has 1 atom stereocenters. The van der Waals surface area contributed by atoms with E-state index in [2.05, 4.69) is 11.4 Å². The second-order valence-electron chi connectivity index (χ2n) is 6.81. The summed E-state index contributed by atoms with van der Waals surface area (Å²) < 4.78 is 29.7. The molecule has 1 nitrogen and oxygen atoms in total. The molecule has 2 aromatic rings. The summed E-state index contributed by atoms with van der Waals surface area (Å²) in [5.74, 6) is -3.51. The number of halogens is 2. The molecule has 0 fully saturated rings. The van der Waals surface area contributed by atoms with E-state index in [1.54, 1.807) is 0 Å². The van der Waals surface area contributed by atoms with E-state index < -0.39 is 11.8 Å². The average molecular weight is 313 g/mol. The fourth-order valence-electron chi connectivity index (χ4n) is 4.18. The molecule has 2 aliphatic rings. The lowest BCUT2D eigenvalue weighted by atomic mass is 9.88. The van der Waals surface area contributed by atoms with Crippen LogP contribution in [0.15, 0.2) is 36.4 Å². The minimum atomic E-state index is -2.70. The third-order valence-corrected chi connectivity index (χ3v) is 5.21. The lowest BCUT2D eigenvalue weighted by molar-refractivity contribution is -0.00368. The highest BCUT2D eigenvalue weighted by molar-refractivity contribution is 5.52. The monoisotopic (exact) mass is 313 g/mol. The molecular formula is C20H21F2N. The Morgan fingerprint density at radius 3 is 2.70 bits per heavy atom. The van der Waals surface area contributed by atoms with Gasteiger partial charge in [0, 0.05) is 6.42 Å². The van der Waals surface area contributed by atoms with Gasteiger partial charge in [-0.15, -0.1) is 0 Å². The quantitative estimate of drug-likeness (QED) is 0.839. The van der Waals surface area contributed by atoms with E-state index in [4.69, 9.17) is 0 Å². The first kappa shape index (κ1) is 14.8. The third-order valence-electron chi connectivity index (χ3n) is 5.21. The highest BCUT2D eigenvalue weighted by Gasteiger charge is 2.49. The standard InChI is InChI=1S/C20H21F2N/c1-13-3-2-4-15(11-13)19-17-6-5-14-7-9-23-10-8-16(14)18(17)12-20(19,21)22/h2-6,11,19,23H,7-10,12H2,1H3. The van der Waals surface area contributed by atoms with Crippen molar-refractivity contribution in [2.75, 3.05) is 13.1 Å². The van der Waals surface area contributed by atoms with Crippen LogP contribution in [0.5, 0.6) is 0 Å². The number of aryl methyl sites for hydroxylation is 1. The molecule has 3 heteroatoms. The van der Waals surface area contributed by atoms with Crippen molar-refractivity contribution in [3.05, 3.63) is 69.8 Å². The third kappa shape index (κ3) is 2.47. The van der Waals surface area contributed by atoms with Crippen molar-refractivity contribution in [2.45, 2.75) is 38.0 Å². The zero-order valence-electron chi connectivity index (χ0n) is 13.3. The molecule has 0 saturated carbocycles. The highest BCUT2D eigenvalue weighted by Crippen LogP contribution is 2.50. The Morgan fingerprint density at radius 1 is 1.04 bits per heavy atom. The molecule has 1 aliphatic heterocycles. The van der Waals surface area contributed by atoms with E-state index in [0.717, 1.165) is 48.2 Å². The number of fused-ring (bicyclic) bond motifs is 3. The van der Waals surface area contributed by atoms with Gasteiger partial charge in [0.2, 0.25) is 0 Å². The average Bonchev–Trinajstić information content (AvgIpc) is 2.65. The topological polar surface area (TPSA) is 12.0 Å². The van der Waals surface area contributed by atoms with Gasteiger partial charge in [-0.2, -0.15) is 0 Å². The Bertz CT molecular complexity index is 751. The summed E-state index contributed by atoms with van der Waals surface area (Å²) in [4.78, 5) is 0. The van der Waals surface area contributed by atoms with Gasteiger partial charge in [0.15, 0.2) is 0 Å². The summed E-state index contributed by atoms with van der Waals surface area (Å²) >= 11 is 0. The molecule has 23 heavy (non-hydrogen) atoms. The first-order chi connectivity index (χ1) is 11.1. The summed E-state index contributed by atoms with van der Waals surface area (Å²) in [5.41, 5.74) is 5.92. The van der Waals surface area contributed by atoms with Crippen LogP contribution in [0.25, 0.3) is 0 Å². The van der Waals surface area contributed by atoms with Crippen LogP contribution in [0.1, 0.15) is 39.3 Å².